The number of benzene rings is 1. The van der Waals surface area contributed by atoms with E-state index in [4.69, 9.17) is 9.84 Å². The Hall–Kier alpha value is -2.19. The zero-order chi connectivity index (χ0) is 17.9. The zero-order valence-corrected chi connectivity index (χ0v) is 14.8. The molecule has 0 aromatic heterocycles. The van der Waals surface area contributed by atoms with Gasteiger partial charge in [0, 0.05) is 16.6 Å². The van der Waals surface area contributed by atoms with E-state index < -0.39 is 11.9 Å². The van der Waals surface area contributed by atoms with Gasteiger partial charge in [-0.3, -0.25) is 9.59 Å². The van der Waals surface area contributed by atoms with Gasteiger partial charge in [0.2, 0.25) is 0 Å². The second kappa shape index (κ2) is 7.59. The van der Waals surface area contributed by atoms with Crippen LogP contribution in [0.2, 0.25) is 0 Å². The summed E-state index contributed by atoms with van der Waals surface area (Å²) in [5.41, 5.74) is 1.21. The molecule has 0 bridgehead atoms. The van der Waals surface area contributed by atoms with E-state index in [1.54, 1.807) is 18.2 Å². The van der Waals surface area contributed by atoms with Crippen molar-refractivity contribution in [1.29, 1.82) is 0 Å². The zero-order valence-electron chi connectivity index (χ0n) is 13.3. The Morgan fingerprint density at radius 1 is 1.42 bits per heavy atom. The maximum Gasteiger partial charge on any atom is 0.337 e. The molecule has 0 fully saturated rings. The quantitative estimate of drug-likeness (QED) is 0.556. The lowest BCUT2D eigenvalue weighted by Crippen LogP contribution is -2.31. The number of ketones is 1. The van der Waals surface area contributed by atoms with Gasteiger partial charge in [0.05, 0.1) is 31.5 Å². The summed E-state index contributed by atoms with van der Waals surface area (Å²) < 4.78 is 5.36. The topological polar surface area (TPSA) is 95.9 Å². The van der Waals surface area contributed by atoms with Gasteiger partial charge in [0.1, 0.15) is 5.70 Å². The first-order valence-corrected chi connectivity index (χ1v) is 7.97. The van der Waals surface area contributed by atoms with Crippen molar-refractivity contribution in [3.63, 3.8) is 0 Å². The summed E-state index contributed by atoms with van der Waals surface area (Å²) in [4.78, 5) is 37.3. The number of halogens is 1. The third kappa shape index (κ3) is 3.65. The Morgan fingerprint density at radius 3 is 2.71 bits per heavy atom. The monoisotopic (exact) mass is 396 g/mol. The molecule has 0 radical (unpaired) electrons. The van der Waals surface area contributed by atoms with E-state index in [-0.39, 0.29) is 36.7 Å². The summed E-state index contributed by atoms with van der Waals surface area (Å²) in [6.07, 6.45) is 0. The van der Waals surface area contributed by atoms with E-state index in [0.717, 1.165) is 0 Å². The minimum atomic E-state index is -0.620. The van der Waals surface area contributed by atoms with Crippen LogP contribution in [0.25, 0.3) is 0 Å². The fourth-order valence-electron chi connectivity index (χ4n) is 2.32. The van der Waals surface area contributed by atoms with Gasteiger partial charge in [-0.05, 0) is 35.0 Å². The highest BCUT2D eigenvalue weighted by Gasteiger charge is 2.34. The van der Waals surface area contributed by atoms with Crippen molar-refractivity contribution in [2.24, 2.45) is 0 Å². The van der Waals surface area contributed by atoms with E-state index in [2.05, 4.69) is 21.2 Å². The van der Waals surface area contributed by atoms with Gasteiger partial charge in [-0.1, -0.05) is 6.07 Å². The number of aliphatic hydroxyl groups is 1. The number of rotatable bonds is 6. The minimum absolute atomic E-state index is 0.0540. The van der Waals surface area contributed by atoms with Gasteiger partial charge in [0.25, 0.3) is 5.91 Å². The van der Waals surface area contributed by atoms with Crippen molar-refractivity contribution >= 4 is 39.3 Å². The normalized spacial score (nSPS) is 14.2. The number of hydrogen-bond acceptors (Lipinski definition) is 6. The predicted molar refractivity (Wildman–Crippen MR) is 90.5 cm³/mol. The summed E-state index contributed by atoms with van der Waals surface area (Å²) in [5, 5.41) is 12.0. The Balaban J connectivity index is 2.40. The molecule has 8 heteroatoms. The molecule has 7 nitrogen and oxygen atoms in total. The van der Waals surface area contributed by atoms with Crippen LogP contribution in [0.4, 0.5) is 5.69 Å². The van der Waals surface area contributed by atoms with Crippen LogP contribution in [-0.4, -0.2) is 54.5 Å². The number of ether oxygens (including phenoxy) is 1. The van der Waals surface area contributed by atoms with Crippen LogP contribution in [0.15, 0.2) is 33.9 Å². The van der Waals surface area contributed by atoms with Gasteiger partial charge in [0.15, 0.2) is 5.78 Å². The second-order valence-corrected chi connectivity index (χ2v) is 6.03. The number of esters is 1. The first-order valence-electron chi connectivity index (χ1n) is 7.18. The largest absolute Gasteiger partial charge is 0.466 e. The van der Waals surface area contributed by atoms with Gasteiger partial charge < -0.3 is 20.1 Å². The van der Waals surface area contributed by atoms with E-state index in [0.29, 0.717) is 15.7 Å². The maximum atomic E-state index is 12.5. The molecular formula is C16H17BrN2O5. The lowest BCUT2D eigenvalue weighted by Gasteiger charge is -2.15. The van der Waals surface area contributed by atoms with Crippen LogP contribution >= 0.6 is 15.9 Å². The van der Waals surface area contributed by atoms with Crippen molar-refractivity contribution < 1.29 is 24.2 Å². The van der Waals surface area contributed by atoms with Crippen molar-refractivity contribution in [2.75, 3.05) is 32.1 Å². The van der Waals surface area contributed by atoms with E-state index in [9.17, 15) is 14.4 Å². The molecule has 128 valence electrons. The minimum Gasteiger partial charge on any atom is -0.466 e. The molecule has 24 heavy (non-hydrogen) atoms. The van der Waals surface area contributed by atoms with Crippen LogP contribution in [-0.2, 0) is 14.3 Å². The summed E-state index contributed by atoms with van der Waals surface area (Å²) in [6.45, 7) is 1.39. The molecule has 0 atom stereocenters. The molecule has 1 aromatic rings. The fraction of sp³-hybridized carbons (Fsp3) is 0.312. The molecule has 0 spiro atoms. The van der Waals surface area contributed by atoms with Crippen molar-refractivity contribution in [2.45, 2.75) is 6.92 Å². The highest BCUT2D eigenvalue weighted by molar-refractivity contribution is 9.10. The smallest absolute Gasteiger partial charge is 0.337 e. The SMILES string of the molecule is COC(=O)C1=C(Nc2cc(C(C)=O)ccc2Br)C(=O)N(CCO)C1. The molecule has 2 rings (SSSR count). The van der Waals surface area contributed by atoms with Gasteiger partial charge in [-0.2, -0.15) is 0 Å². The van der Waals surface area contributed by atoms with Crippen LogP contribution in [0.1, 0.15) is 17.3 Å². The summed E-state index contributed by atoms with van der Waals surface area (Å²) >= 11 is 3.35. The number of Topliss-reactive ketones (excluding diaryl/α,β-unsaturated/α-hetero) is 1. The van der Waals surface area contributed by atoms with Crippen LogP contribution in [0, 0.1) is 0 Å². The van der Waals surface area contributed by atoms with Gasteiger partial charge in [-0.15, -0.1) is 0 Å². The van der Waals surface area contributed by atoms with Crippen molar-refractivity contribution in [3.05, 3.63) is 39.5 Å². The van der Waals surface area contributed by atoms with Crippen LogP contribution in [0.3, 0.4) is 0 Å². The molecule has 1 aliphatic heterocycles. The third-order valence-electron chi connectivity index (χ3n) is 3.59. The van der Waals surface area contributed by atoms with Crippen molar-refractivity contribution in [3.8, 4) is 0 Å². The average Bonchev–Trinajstić information content (AvgIpc) is 2.85. The Kier molecular flexibility index (Phi) is 5.74. The molecule has 0 saturated carbocycles. The first-order chi connectivity index (χ1) is 11.4. The summed E-state index contributed by atoms with van der Waals surface area (Å²) in [6, 6.07) is 4.93. The molecule has 1 aliphatic rings. The second-order valence-electron chi connectivity index (χ2n) is 5.17. The highest BCUT2D eigenvalue weighted by atomic mass is 79.9. The Labute approximate surface area is 147 Å². The first kappa shape index (κ1) is 18.2. The van der Waals surface area contributed by atoms with Gasteiger partial charge in [-0.25, -0.2) is 4.79 Å². The number of nitrogens with one attached hydrogen (secondary N) is 1. The number of aliphatic hydroxyl groups excluding tert-OH is 1. The number of carbonyl (C=O) groups is 3. The number of amides is 1. The van der Waals surface area contributed by atoms with E-state index in [1.165, 1.54) is 18.9 Å². The summed E-state index contributed by atoms with van der Waals surface area (Å²) in [5.74, 6) is -1.15. The van der Waals surface area contributed by atoms with Crippen LogP contribution in [0.5, 0.6) is 0 Å². The number of methoxy groups -OCH3 is 1. The molecule has 1 amide bonds. The number of anilines is 1. The Morgan fingerprint density at radius 2 is 2.12 bits per heavy atom. The molecule has 1 heterocycles. The molecule has 1 aromatic carbocycles. The maximum absolute atomic E-state index is 12.5. The van der Waals surface area contributed by atoms with Gasteiger partial charge >= 0.3 is 5.97 Å². The molecule has 2 N–H and O–H groups in total. The fourth-order valence-corrected chi connectivity index (χ4v) is 2.67. The molecule has 0 aliphatic carbocycles. The lowest BCUT2D eigenvalue weighted by molar-refractivity contribution is -0.136. The van der Waals surface area contributed by atoms with E-state index >= 15 is 0 Å². The van der Waals surface area contributed by atoms with Crippen LogP contribution < -0.4 is 5.32 Å². The highest BCUT2D eigenvalue weighted by Crippen LogP contribution is 2.28. The van der Waals surface area contributed by atoms with E-state index in [1.807, 2.05) is 0 Å². The lowest BCUT2D eigenvalue weighted by atomic mass is 10.1. The number of β-amino-alcohol motifs (C(OH)–C–C–N with tert-alkyl or cyclic N) is 1. The molecular weight excluding hydrogens is 380 g/mol. The molecule has 0 unspecified atom stereocenters. The number of carbonyl (C=O) groups excluding carboxylic acids is 3. The van der Waals surface area contributed by atoms with Crippen molar-refractivity contribution in [1.82, 2.24) is 4.90 Å². The standard InChI is InChI=1S/C16H17BrN2O5/c1-9(21)10-3-4-12(17)13(7-10)18-14-11(16(23)24-2)8-19(5-6-20)15(14)22/h3-4,7,18,20H,5-6,8H2,1-2H3. The third-order valence-corrected chi connectivity index (χ3v) is 4.28. The predicted octanol–water partition coefficient (Wildman–Crippen LogP) is 1.33. The average molecular weight is 397 g/mol. The molecule has 0 saturated heterocycles. The number of nitrogens with zero attached hydrogens (tertiary/aromatic N) is 1. The Bertz CT molecular complexity index is 729. The summed E-state index contributed by atoms with van der Waals surface area (Å²) in [7, 11) is 1.23. The number of hydrogen-bond donors (Lipinski definition) is 2.